The molecule has 1 aliphatic heterocycles. The van der Waals surface area contributed by atoms with Crippen molar-refractivity contribution < 1.29 is 4.79 Å². The molecular weight excluding hydrogens is 212 g/mol. The van der Waals surface area contributed by atoms with E-state index in [2.05, 4.69) is 12.2 Å². The summed E-state index contributed by atoms with van der Waals surface area (Å²) in [6, 6.07) is 0.583. The molecule has 1 saturated heterocycles. The number of carbonyl (C=O) groups is 1. The van der Waals surface area contributed by atoms with Gasteiger partial charge in [-0.15, -0.1) is 0 Å². The first kappa shape index (κ1) is 12.9. The Balaban J connectivity index is 1.65. The standard InChI is InChI=1S/C14H26N2O/c1-12-5-7-13(8-6-12)15-11-14(17)16-9-3-2-4-10-16/h12-13,15H,2-11H2,1H3. The minimum absolute atomic E-state index is 0.309. The highest BCUT2D eigenvalue weighted by atomic mass is 16.2. The van der Waals surface area contributed by atoms with Crippen LogP contribution < -0.4 is 5.32 Å². The van der Waals surface area contributed by atoms with Gasteiger partial charge in [-0.1, -0.05) is 6.92 Å². The van der Waals surface area contributed by atoms with Gasteiger partial charge in [0.25, 0.3) is 0 Å². The van der Waals surface area contributed by atoms with Gasteiger partial charge in [0, 0.05) is 19.1 Å². The van der Waals surface area contributed by atoms with Crippen molar-refractivity contribution >= 4 is 5.91 Å². The molecule has 1 amide bonds. The number of amides is 1. The van der Waals surface area contributed by atoms with Crippen molar-refractivity contribution in [1.82, 2.24) is 10.2 Å². The molecule has 98 valence electrons. The van der Waals surface area contributed by atoms with E-state index in [9.17, 15) is 4.79 Å². The summed E-state index contributed by atoms with van der Waals surface area (Å²) in [5.74, 6) is 1.19. The molecule has 2 aliphatic rings. The molecule has 1 saturated carbocycles. The summed E-state index contributed by atoms with van der Waals surface area (Å²) in [6.45, 7) is 4.83. The number of rotatable bonds is 3. The van der Waals surface area contributed by atoms with Gasteiger partial charge in [-0.25, -0.2) is 0 Å². The fraction of sp³-hybridized carbons (Fsp3) is 0.929. The molecule has 0 aromatic heterocycles. The molecule has 0 radical (unpaired) electrons. The van der Waals surface area contributed by atoms with Crippen LogP contribution in [-0.2, 0) is 4.79 Å². The number of piperidine rings is 1. The van der Waals surface area contributed by atoms with Gasteiger partial charge in [-0.3, -0.25) is 4.79 Å². The van der Waals surface area contributed by atoms with Crippen LogP contribution in [0, 0.1) is 5.92 Å². The van der Waals surface area contributed by atoms with Gasteiger partial charge < -0.3 is 10.2 Å². The molecule has 0 unspecified atom stereocenters. The second-order valence-corrected chi connectivity index (χ2v) is 5.78. The van der Waals surface area contributed by atoms with Crippen LogP contribution >= 0.6 is 0 Å². The molecule has 2 fully saturated rings. The van der Waals surface area contributed by atoms with Gasteiger partial charge in [-0.05, 0) is 50.9 Å². The van der Waals surface area contributed by atoms with Crippen molar-refractivity contribution in [2.24, 2.45) is 5.92 Å². The molecular formula is C14H26N2O. The predicted molar refractivity (Wildman–Crippen MR) is 69.9 cm³/mol. The Morgan fingerprint density at radius 1 is 1.12 bits per heavy atom. The second kappa shape index (κ2) is 6.39. The quantitative estimate of drug-likeness (QED) is 0.817. The highest BCUT2D eigenvalue weighted by molar-refractivity contribution is 5.78. The molecule has 1 N–H and O–H groups in total. The fourth-order valence-corrected chi connectivity index (χ4v) is 2.95. The molecule has 2 rings (SSSR count). The van der Waals surface area contributed by atoms with E-state index < -0.39 is 0 Å². The number of carbonyl (C=O) groups excluding carboxylic acids is 1. The minimum Gasteiger partial charge on any atom is -0.342 e. The molecule has 0 spiro atoms. The number of nitrogens with zero attached hydrogens (tertiary/aromatic N) is 1. The van der Waals surface area contributed by atoms with E-state index in [4.69, 9.17) is 0 Å². The van der Waals surface area contributed by atoms with Crippen LogP contribution in [0.1, 0.15) is 51.9 Å². The van der Waals surface area contributed by atoms with E-state index in [1.54, 1.807) is 0 Å². The van der Waals surface area contributed by atoms with E-state index >= 15 is 0 Å². The third-order valence-corrected chi connectivity index (χ3v) is 4.27. The zero-order valence-electron chi connectivity index (χ0n) is 11.1. The average molecular weight is 238 g/mol. The zero-order valence-corrected chi connectivity index (χ0v) is 11.1. The number of likely N-dealkylation sites (tertiary alicyclic amines) is 1. The van der Waals surface area contributed by atoms with Crippen molar-refractivity contribution in [3.8, 4) is 0 Å². The Morgan fingerprint density at radius 2 is 1.76 bits per heavy atom. The van der Waals surface area contributed by atoms with Crippen LogP contribution in [0.4, 0.5) is 0 Å². The van der Waals surface area contributed by atoms with Gasteiger partial charge in [0.05, 0.1) is 6.54 Å². The normalized spacial score (nSPS) is 30.3. The Kier molecular flexibility index (Phi) is 4.84. The Bertz CT molecular complexity index is 241. The van der Waals surface area contributed by atoms with Gasteiger partial charge in [0.1, 0.15) is 0 Å². The highest BCUT2D eigenvalue weighted by Crippen LogP contribution is 2.23. The summed E-state index contributed by atoms with van der Waals surface area (Å²) in [5.41, 5.74) is 0. The van der Waals surface area contributed by atoms with Crippen LogP contribution in [0.15, 0.2) is 0 Å². The van der Waals surface area contributed by atoms with Crippen molar-refractivity contribution in [3.05, 3.63) is 0 Å². The van der Waals surface area contributed by atoms with Crippen LogP contribution in [0.3, 0.4) is 0 Å². The summed E-state index contributed by atoms with van der Waals surface area (Å²) < 4.78 is 0. The van der Waals surface area contributed by atoms with Crippen molar-refractivity contribution in [3.63, 3.8) is 0 Å². The van der Waals surface area contributed by atoms with Crippen LogP contribution in [0.25, 0.3) is 0 Å². The van der Waals surface area contributed by atoms with Gasteiger partial charge in [-0.2, -0.15) is 0 Å². The predicted octanol–water partition coefficient (Wildman–Crippen LogP) is 2.17. The first-order chi connectivity index (χ1) is 8.25. The Hall–Kier alpha value is -0.570. The molecule has 1 heterocycles. The lowest BCUT2D eigenvalue weighted by molar-refractivity contribution is -0.131. The third kappa shape index (κ3) is 3.98. The molecule has 17 heavy (non-hydrogen) atoms. The van der Waals surface area contributed by atoms with Crippen LogP contribution in [0.5, 0.6) is 0 Å². The molecule has 3 nitrogen and oxygen atoms in total. The van der Waals surface area contributed by atoms with Gasteiger partial charge >= 0.3 is 0 Å². The maximum Gasteiger partial charge on any atom is 0.236 e. The Labute approximate surface area is 105 Å². The fourth-order valence-electron chi connectivity index (χ4n) is 2.95. The molecule has 1 aliphatic carbocycles. The number of hydrogen-bond acceptors (Lipinski definition) is 2. The van der Waals surface area contributed by atoms with Crippen molar-refractivity contribution in [2.75, 3.05) is 19.6 Å². The van der Waals surface area contributed by atoms with E-state index in [-0.39, 0.29) is 0 Å². The smallest absolute Gasteiger partial charge is 0.236 e. The number of hydrogen-bond donors (Lipinski definition) is 1. The third-order valence-electron chi connectivity index (χ3n) is 4.27. The highest BCUT2D eigenvalue weighted by Gasteiger charge is 2.20. The average Bonchev–Trinajstić information content (AvgIpc) is 2.39. The van der Waals surface area contributed by atoms with Crippen molar-refractivity contribution in [1.29, 1.82) is 0 Å². The van der Waals surface area contributed by atoms with Crippen LogP contribution in [0.2, 0.25) is 0 Å². The van der Waals surface area contributed by atoms with Gasteiger partial charge in [0.15, 0.2) is 0 Å². The topological polar surface area (TPSA) is 32.3 Å². The molecule has 3 heteroatoms. The lowest BCUT2D eigenvalue weighted by atomic mass is 9.87. The minimum atomic E-state index is 0.309. The summed E-state index contributed by atoms with van der Waals surface area (Å²) in [6.07, 6.45) is 8.78. The van der Waals surface area contributed by atoms with Gasteiger partial charge in [0.2, 0.25) is 5.91 Å². The largest absolute Gasteiger partial charge is 0.342 e. The maximum atomic E-state index is 12.0. The first-order valence-corrected chi connectivity index (χ1v) is 7.27. The summed E-state index contributed by atoms with van der Waals surface area (Å²) in [4.78, 5) is 14.0. The van der Waals surface area contributed by atoms with Crippen molar-refractivity contribution in [2.45, 2.75) is 57.9 Å². The lowest BCUT2D eigenvalue weighted by Gasteiger charge is -2.30. The Morgan fingerprint density at radius 3 is 2.41 bits per heavy atom. The maximum absolute atomic E-state index is 12.0. The molecule has 0 aromatic carbocycles. The summed E-state index contributed by atoms with van der Waals surface area (Å²) in [5, 5.41) is 3.45. The SMILES string of the molecule is CC1CCC(NCC(=O)N2CCCCC2)CC1. The zero-order chi connectivity index (χ0) is 12.1. The molecule has 0 atom stereocenters. The second-order valence-electron chi connectivity index (χ2n) is 5.78. The monoisotopic (exact) mass is 238 g/mol. The van der Waals surface area contributed by atoms with E-state index in [0.717, 1.165) is 19.0 Å². The summed E-state index contributed by atoms with van der Waals surface area (Å²) >= 11 is 0. The van der Waals surface area contributed by atoms with E-state index in [0.29, 0.717) is 18.5 Å². The van der Waals surface area contributed by atoms with E-state index in [1.807, 2.05) is 4.90 Å². The first-order valence-electron chi connectivity index (χ1n) is 7.27. The lowest BCUT2D eigenvalue weighted by Crippen LogP contribution is -2.44. The number of nitrogens with one attached hydrogen (secondary N) is 1. The van der Waals surface area contributed by atoms with Crippen LogP contribution in [-0.4, -0.2) is 36.5 Å². The molecule has 0 aromatic rings. The van der Waals surface area contributed by atoms with E-state index in [1.165, 1.54) is 44.9 Å². The molecule has 0 bridgehead atoms. The summed E-state index contributed by atoms with van der Waals surface area (Å²) in [7, 11) is 0.